The van der Waals surface area contributed by atoms with Crippen molar-refractivity contribution >= 4 is 0 Å². The Morgan fingerprint density at radius 2 is 1.13 bits per heavy atom. The molecule has 5 rings (SSSR count). The second-order valence-corrected chi connectivity index (χ2v) is 10.0. The molecule has 0 saturated heterocycles. The highest BCUT2D eigenvalue weighted by Gasteiger charge is 2.41. The van der Waals surface area contributed by atoms with E-state index in [4.69, 9.17) is 0 Å². The van der Waals surface area contributed by atoms with Gasteiger partial charge in [-0.1, -0.05) is 37.6 Å². The third-order valence-electron chi connectivity index (χ3n) is 6.88. The van der Waals surface area contributed by atoms with Gasteiger partial charge >= 0.3 is 6.11 Å². The van der Waals surface area contributed by atoms with Crippen LogP contribution in [0, 0.1) is 40.7 Å². The first kappa shape index (κ1) is 31.6. The van der Waals surface area contributed by atoms with Crippen LogP contribution in [0.1, 0.15) is 30.9 Å². The molecule has 0 aliphatic carbocycles. The molecule has 0 N–H and O–H groups in total. The standard InChI is InChI=1S/C33H21F9N2O/c1-2-3-4-17-15-43-32(44-16-17)19-6-8-22(25(35)10-19)18-5-7-23(24(34)9-18)20-11-26(36)30(27(37)12-20)33(41,42)45-21-13-28(38)31(40)29(39)14-21/h5-16H,2-4H2,1H3. The van der Waals surface area contributed by atoms with Crippen molar-refractivity contribution < 1.29 is 44.3 Å². The minimum Gasteiger partial charge on any atom is -0.429 e. The average molecular weight is 633 g/mol. The molecule has 5 aromatic rings. The molecule has 0 aliphatic heterocycles. The van der Waals surface area contributed by atoms with Gasteiger partial charge in [-0.25, -0.2) is 40.7 Å². The second kappa shape index (κ2) is 12.6. The number of hydrogen-bond acceptors (Lipinski definition) is 3. The summed E-state index contributed by atoms with van der Waals surface area (Å²) in [6.07, 6.45) is 1.33. The molecule has 0 atom stereocenters. The predicted molar refractivity (Wildman–Crippen MR) is 148 cm³/mol. The molecule has 4 aromatic carbocycles. The molecule has 0 spiro atoms. The fourth-order valence-electron chi connectivity index (χ4n) is 4.62. The molecule has 1 aromatic heterocycles. The quantitative estimate of drug-likeness (QED) is 0.120. The van der Waals surface area contributed by atoms with Gasteiger partial charge in [0.2, 0.25) is 0 Å². The molecular weight excluding hydrogens is 611 g/mol. The summed E-state index contributed by atoms with van der Waals surface area (Å²) < 4.78 is 133. The van der Waals surface area contributed by atoms with E-state index in [1.54, 1.807) is 18.5 Å². The first-order valence-corrected chi connectivity index (χ1v) is 13.5. The SMILES string of the molecule is CCCCc1cnc(-c2ccc(-c3ccc(-c4cc(F)c(C(F)(F)Oc5cc(F)c(F)c(F)c5)c(F)c4)c(F)c3)c(F)c2)nc1. The third kappa shape index (κ3) is 6.64. The smallest absolute Gasteiger partial charge is 0.429 e. The highest BCUT2D eigenvalue weighted by atomic mass is 19.3. The molecule has 1 heterocycles. The number of aryl methyl sites for hydroxylation is 1. The number of benzene rings is 4. The fraction of sp³-hybridized carbons (Fsp3) is 0.152. The van der Waals surface area contributed by atoms with Gasteiger partial charge in [-0.15, -0.1) is 0 Å². The largest absolute Gasteiger partial charge is 0.432 e. The maximum absolute atomic E-state index is 15.2. The Morgan fingerprint density at radius 3 is 1.69 bits per heavy atom. The zero-order valence-corrected chi connectivity index (χ0v) is 23.3. The average Bonchev–Trinajstić information content (AvgIpc) is 2.98. The van der Waals surface area contributed by atoms with E-state index in [-0.39, 0.29) is 23.3 Å². The number of unbranched alkanes of at least 4 members (excludes halogenated alkanes) is 1. The summed E-state index contributed by atoms with van der Waals surface area (Å²) in [6, 6.07) is 8.34. The molecule has 0 unspecified atom stereocenters. The zero-order valence-electron chi connectivity index (χ0n) is 23.3. The maximum atomic E-state index is 15.2. The number of alkyl halides is 2. The van der Waals surface area contributed by atoms with Gasteiger partial charge in [-0.05, 0) is 53.8 Å². The van der Waals surface area contributed by atoms with E-state index in [1.807, 2.05) is 0 Å². The molecule has 0 amide bonds. The fourth-order valence-corrected chi connectivity index (χ4v) is 4.62. The summed E-state index contributed by atoms with van der Waals surface area (Å²) in [6.45, 7) is 2.06. The van der Waals surface area contributed by atoms with E-state index in [0.29, 0.717) is 23.5 Å². The van der Waals surface area contributed by atoms with Crippen molar-refractivity contribution in [3.8, 4) is 39.4 Å². The highest BCUT2D eigenvalue weighted by Crippen LogP contribution is 2.39. The van der Waals surface area contributed by atoms with E-state index < -0.39 is 69.3 Å². The molecule has 0 aliphatic rings. The molecular formula is C33H21F9N2O. The number of aromatic nitrogens is 2. The molecule has 12 heteroatoms. The lowest BCUT2D eigenvalue weighted by Crippen LogP contribution is -2.25. The Morgan fingerprint density at radius 1 is 0.622 bits per heavy atom. The lowest BCUT2D eigenvalue weighted by Gasteiger charge is -2.20. The van der Waals surface area contributed by atoms with Gasteiger partial charge in [0.15, 0.2) is 23.3 Å². The normalized spacial score (nSPS) is 11.6. The molecule has 232 valence electrons. The predicted octanol–water partition coefficient (Wildman–Crippen LogP) is 9.92. The number of halogens is 9. The molecule has 45 heavy (non-hydrogen) atoms. The lowest BCUT2D eigenvalue weighted by molar-refractivity contribution is -0.189. The van der Waals surface area contributed by atoms with Crippen LogP contribution in [0.25, 0.3) is 33.6 Å². The van der Waals surface area contributed by atoms with Crippen LogP contribution in [0.2, 0.25) is 0 Å². The van der Waals surface area contributed by atoms with Gasteiger partial charge in [0.25, 0.3) is 0 Å². The Labute approximate surface area is 251 Å². The van der Waals surface area contributed by atoms with Crippen LogP contribution in [0.3, 0.4) is 0 Å². The van der Waals surface area contributed by atoms with Crippen molar-refractivity contribution in [1.29, 1.82) is 0 Å². The van der Waals surface area contributed by atoms with Crippen LogP contribution in [-0.2, 0) is 12.5 Å². The summed E-state index contributed by atoms with van der Waals surface area (Å²) in [5.74, 6) is -12.2. The number of rotatable bonds is 9. The van der Waals surface area contributed by atoms with E-state index in [2.05, 4.69) is 21.6 Å². The van der Waals surface area contributed by atoms with Crippen LogP contribution < -0.4 is 4.74 Å². The number of nitrogens with zero attached hydrogens (tertiary/aromatic N) is 2. The van der Waals surface area contributed by atoms with Gasteiger partial charge < -0.3 is 4.74 Å². The zero-order chi connectivity index (χ0) is 32.5. The first-order valence-electron chi connectivity index (χ1n) is 13.5. The molecule has 0 saturated carbocycles. The van der Waals surface area contributed by atoms with Crippen LogP contribution in [-0.4, -0.2) is 9.97 Å². The van der Waals surface area contributed by atoms with Crippen LogP contribution in [0.15, 0.2) is 73.1 Å². The molecule has 0 radical (unpaired) electrons. The number of ether oxygens (including phenoxy) is 1. The van der Waals surface area contributed by atoms with Crippen molar-refractivity contribution in [2.45, 2.75) is 32.3 Å². The van der Waals surface area contributed by atoms with Gasteiger partial charge in [0.05, 0.1) is 0 Å². The summed E-state index contributed by atoms with van der Waals surface area (Å²) in [5.41, 5.74) is -1.41. The summed E-state index contributed by atoms with van der Waals surface area (Å²) in [4.78, 5) is 8.55. The van der Waals surface area contributed by atoms with Gasteiger partial charge in [0, 0.05) is 41.2 Å². The van der Waals surface area contributed by atoms with E-state index in [1.165, 1.54) is 18.2 Å². The van der Waals surface area contributed by atoms with Crippen LogP contribution in [0.5, 0.6) is 5.75 Å². The second-order valence-electron chi connectivity index (χ2n) is 10.0. The van der Waals surface area contributed by atoms with Crippen molar-refractivity contribution in [2.75, 3.05) is 0 Å². The van der Waals surface area contributed by atoms with Crippen LogP contribution >= 0.6 is 0 Å². The molecule has 3 nitrogen and oxygen atoms in total. The Bertz CT molecular complexity index is 1830. The van der Waals surface area contributed by atoms with Crippen molar-refractivity contribution in [1.82, 2.24) is 9.97 Å². The summed E-state index contributed by atoms with van der Waals surface area (Å²) in [7, 11) is 0. The van der Waals surface area contributed by atoms with Gasteiger partial charge in [-0.3, -0.25) is 0 Å². The van der Waals surface area contributed by atoms with Crippen molar-refractivity contribution in [3.05, 3.63) is 125 Å². The minimum absolute atomic E-state index is 0.00179. The summed E-state index contributed by atoms with van der Waals surface area (Å²) in [5, 5.41) is 0. The van der Waals surface area contributed by atoms with E-state index in [0.717, 1.165) is 37.0 Å². The minimum atomic E-state index is -4.81. The lowest BCUT2D eigenvalue weighted by atomic mass is 9.97. The van der Waals surface area contributed by atoms with Crippen molar-refractivity contribution in [3.63, 3.8) is 0 Å². The highest BCUT2D eigenvalue weighted by molar-refractivity contribution is 5.73. The maximum Gasteiger partial charge on any atom is 0.432 e. The summed E-state index contributed by atoms with van der Waals surface area (Å²) >= 11 is 0. The van der Waals surface area contributed by atoms with Gasteiger partial charge in [0.1, 0.15) is 34.6 Å². The first-order chi connectivity index (χ1) is 21.4. The van der Waals surface area contributed by atoms with E-state index in [9.17, 15) is 30.7 Å². The Kier molecular flexibility index (Phi) is 8.85. The molecule has 0 fully saturated rings. The number of hydrogen-bond donors (Lipinski definition) is 0. The third-order valence-corrected chi connectivity index (χ3v) is 6.88. The van der Waals surface area contributed by atoms with Gasteiger partial charge in [-0.2, -0.15) is 8.78 Å². The monoisotopic (exact) mass is 632 g/mol. The Balaban J connectivity index is 1.39. The van der Waals surface area contributed by atoms with Crippen LogP contribution in [0.4, 0.5) is 39.5 Å². The molecule has 0 bridgehead atoms. The van der Waals surface area contributed by atoms with Crippen molar-refractivity contribution in [2.24, 2.45) is 0 Å². The van der Waals surface area contributed by atoms with E-state index >= 15 is 8.78 Å². The topological polar surface area (TPSA) is 35.0 Å². The Hall–Kier alpha value is -4.87.